The Labute approximate surface area is 238 Å². The molecule has 3 heterocycles. The van der Waals surface area contributed by atoms with E-state index in [1.807, 2.05) is 30.3 Å². The third-order valence-electron chi connectivity index (χ3n) is 8.30. The summed E-state index contributed by atoms with van der Waals surface area (Å²) >= 11 is 12.8. The van der Waals surface area contributed by atoms with Gasteiger partial charge >= 0.3 is 5.76 Å². The van der Waals surface area contributed by atoms with Crippen LogP contribution < -0.4 is 5.76 Å². The first kappa shape index (κ1) is 28.3. The van der Waals surface area contributed by atoms with Crippen molar-refractivity contribution in [2.75, 3.05) is 32.8 Å². The Morgan fingerprint density at radius 2 is 1.87 bits per heavy atom. The number of aromatic amines is 1. The molecule has 2 aliphatic rings. The summed E-state index contributed by atoms with van der Waals surface area (Å²) in [6, 6.07) is 15.8. The number of nitrogens with one attached hydrogen (secondary N) is 1. The van der Waals surface area contributed by atoms with Gasteiger partial charge in [-0.3, -0.25) is 19.3 Å². The van der Waals surface area contributed by atoms with E-state index in [4.69, 9.17) is 32.5 Å². The van der Waals surface area contributed by atoms with Crippen LogP contribution in [0.4, 0.5) is 0 Å². The summed E-state index contributed by atoms with van der Waals surface area (Å²) in [5.74, 6) is -0.173. The Bertz CT molecular complexity index is 1290. The van der Waals surface area contributed by atoms with Crippen LogP contribution in [0.25, 0.3) is 0 Å². The number of likely N-dealkylation sites (tertiary alicyclic amines) is 1. The summed E-state index contributed by atoms with van der Waals surface area (Å²) in [5.41, 5.74) is 1.54. The van der Waals surface area contributed by atoms with Crippen LogP contribution in [0.5, 0.6) is 0 Å². The topological polar surface area (TPSA) is 94.8 Å². The molecule has 10 heteroatoms. The highest BCUT2D eigenvalue weighted by Gasteiger charge is 2.52. The zero-order valence-corrected chi connectivity index (χ0v) is 23.9. The highest BCUT2D eigenvalue weighted by atomic mass is 35.5. The number of hydrogen-bond donors (Lipinski definition) is 2. The second-order valence-corrected chi connectivity index (χ2v) is 11.9. The Morgan fingerprint density at radius 3 is 2.51 bits per heavy atom. The molecule has 0 bridgehead atoms. The van der Waals surface area contributed by atoms with E-state index in [2.05, 4.69) is 52.0 Å². The average molecular weight is 576 g/mol. The molecule has 0 amide bonds. The van der Waals surface area contributed by atoms with Gasteiger partial charge < -0.3 is 9.84 Å². The number of ether oxygens (including phenoxy) is 1. The average Bonchev–Trinajstić information content (AvgIpc) is 3.34. The predicted octanol–water partition coefficient (Wildman–Crippen LogP) is 4.88. The highest BCUT2D eigenvalue weighted by molar-refractivity contribution is 6.30. The molecule has 5 rings (SSSR count). The first-order valence-electron chi connectivity index (χ1n) is 13.6. The van der Waals surface area contributed by atoms with E-state index in [1.165, 1.54) is 0 Å². The van der Waals surface area contributed by atoms with Gasteiger partial charge in [-0.15, -0.1) is 0 Å². The van der Waals surface area contributed by atoms with Gasteiger partial charge in [0, 0.05) is 59.5 Å². The summed E-state index contributed by atoms with van der Waals surface area (Å²) < 4.78 is 10.4. The van der Waals surface area contributed by atoms with Crippen LogP contribution in [0.3, 0.4) is 0 Å². The lowest BCUT2D eigenvalue weighted by molar-refractivity contribution is -0.170. The minimum atomic E-state index is -0.820. The molecular weight excluding hydrogens is 539 g/mol. The molecule has 2 aliphatic heterocycles. The molecule has 210 valence electrons. The van der Waals surface area contributed by atoms with Gasteiger partial charge in [0.15, 0.2) is 5.82 Å². The minimum absolute atomic E-state index is 0.00404. The number of morpholine rings is 1. The first-order valence-corrected chi connectivity index (χ1v) is 14.3. The monoisotopic (exact) mass is 574 g/mol. The van der Waals surface area contributed by atoms with Gasteiger partial charge in [-0.25, -0.2) is 4.79 Å². The molecule has 0 saturated carbocycles. The van der Waals surface area contributed by atoms with Gasteiger partial charge in [-0.2, -0.15) is 0 Å². The fourth-order valence-electron chi connectivity index (χ4n) is 6.37. The van der Waals surface area contributed by atoms with Crippen LogP contribution >= 0.6 is 23.2 Å². The Hall–Kier alpha value is -2.20. The Kier molecular flexibility index (Phi) is 8.81. The lowest BCUT2D eigenvalue weighted by Crippen LogP contribution is -2.61. The first-order chi connectivity index (χ1) is 18.8. The van der Waals surface area contributed by atoms with Gasteiger partial charge in [0.2, 0.25) is 0 Å². The van der Waals surface area contributed by atoms with Crippen molar-refractivity contribution >= 4 is 23.2 Å². The van der Waals surface area contributed by atoms with Crippen molar-refractivity contribution in [3.63, 3.8) is 0 Å². The maximum atomic E-state index is 12.3. The van der Waals surface area contributed by atoms with E-state index < -0.39 is 17.4 Å². The maximum Gasteiger partial charge on any atom is 0.438 e. The van der Waals surface area contributed by atoms with E-state index in [0.29, 0.717) is 41.9 Å². The lowest BCUT2D eigenvalue weighted by atomic mass is 9.66. The molecule has 39 heavy (non-hydrogen) atoms. The third-order valence-corrected chi connectivity index (χ3v) is 8.79. The number of rotatable bonds is 8. The minimum Gasteiger partial charge on any atom is -0.379 e. The van der Waals surface area contributed by atoms with Crippen molar-refractivity contribution in [1.82, 2.24) is 19.9 Å². The SMILES string of the molecule is CC[C@@H](CN1CCOCC1)N1C(O)[C@@](C)(Cc2noc(=O)[nH]2)C[C@H](c2cccc(Cl)c2)[C@H]1c1ccc(Cl)cc1. The third kappa shape index (κ3) is 6.26. The van der Waals surface area contributed by atoms with E-state index in [0.717, 1.165) is 37.2 Å². The number of aromatic nitrogens is 2. The quantitative estimate of drug-likeness (QED) is 0.396. The number of aliphatic hydroxyl groups is 1. The smallest absolute Gasteiger partial charge is 0.379 e. The molecule has 3 aromatic rings. The molecule has 0 aliphatic carbocycles. The molecule has 2 saturated heterocycles. The van der Waals surface area contributed by atoms with Crippen molar-refractivity contribution in [3.8, 4) is 0 Å². The van der Waals surface area contributed by atoms with Crippen molar-refractivity contribution in [2.24, 2.45) is 5.41 Å². The molecule has 5 atom stereocenters. The van der Waals surface area contributed by atoms with Crippen LogP contribution in [0.2, 0.25) is 10.0 Å². The van der Waals surface area contributed by atoms with E-state index >= 15 is 0 Å². The molecule has 8 nitrogen and oxygen atoms in total. The van der Waals surface area contributed by atoms with Crippen LogP contribution in [0.15, 0.2) is 57.8 Å². The zero-order chi connectivity index (χ0) is 27.6. The molecule has 2 fully saturated rings. The van der Waals surface area contributed by atoms with Gasteiger partial charge in [-0.1, -0.05) is 66.5 Å². The largest absolute Gasteiger partial charge is 0.438 e. The van der Waals surface area contributed by atoms with Gasteiger partial charge in [0.05, 0.1) is 13.2 Å². The second-order valence-electron chi connectivity index (χ2n) is 11.0. The maximum absolute atomic E-state index is 12.3. The number of piperidine rings is 1. The molecular formula is C29H36Cl2N4O4. The van der Waals surface area contributed by atoms with Crippen molar-refractivity contribution in [3.05, 3.63) is 86.1 Å². The van der Waals surface area contributed by atoms with Crippen LogP contribution in [-0.4, -0.2) is 70.2 Å². The number of halogens is 2. The number of H-pyrrole nitrogens is 1. The van der Waals surface area contributed by atoms with Crippen molar-refractivity contribution in [1.29, 1.82) is 0 Å². The molecule has 0 spiro atoms. The van der Waals surface area contributed by atoms with Gasteiger partial charge in [-0.05, 0) is 48.2 Å². The second kappa shape index (κ2) is 12.1. The zero-order valence-electron chi connectivity index (χ0n) is 22.4. The van der Waals surface area contributed by atoms with E-state index in [9.17, 15) is 9.90 Å². The van der Waals surface area contributed by atoms with Crippen LogP contribution in [0.1, 0.15) is 55.6 Å². The summed E-state index contributed by atoms with van der Waals surface area (Å²) in [5, 5.41) is 17.6. The molecule has 1 aromatic heterocycles. The number of aliphatic hydroxyl groups excluding tert-OH is 1. The summed E-state index contributed by atoms with van der Waals surface area (Å²) in [4.78, 5) is 19.1. The fourth-order valence-corrected chi connectivity index (χ4v) is 6.69. The van der Waals surface area contributed by atoms with Crippen molar-refractivity contribution in [2.45, 2.75) is 57.3 Å². The summed E-state index contributed by atoms with van der Waals surface area (Å²) in [6.45, 7) is 8.19. The van der Waals surface area contributed by atoms with Crippen LogP contribution in [0, 0.1) is 5.41 Å². The fraction of sp³-hybridized carbons (Fsp3) is 0.517. The van der Waals surface area contributed by atoms with Crippen LogP contribution in [-0.2, 0) is 11.2 Å². The predicted molar refractivity (Wildman–Crippen MR) is 151 cm³/mol. The van der Waals surface area contributed by atoms with E-state index in [-0.39, 0.29) is 18.0 Å². The lowest BCUT2D eigenvalue weighted by Gasteiger charge is -2.56. The Morgan fingerprint density at radius 1 is 1.13 bits per heavy atom. The summed E-state index contributed by atoms with van der Waals surface area (Å²) in [6.07, 6.45) is 1.02. The van der Waals surface area contributed by atoms with Gasteiger partial charge in [0.1, 0.15) is 6.23 Å². The molecule has 2 aromatic carbocycles. The summed E-state index contributed by atoms with van der Waals surface area (Å²) in [7, 11) is 0. The normalized spacial score (nSPS) is 27.5. The van der Waals surface area contributed by atoms with Gasteiger partial charge in [0.25, 0.3) is 0 Å². The number of nitrogens with zero attached hydrogens (tertiary/aromatic N) is 3. The number of hydrogen-bond acceptors (Lipinski definition) is 7. The standard InChI is InChI=1S/C29H36Cl2N4O4/c1-3-23(18-34-11-13-38-14-12-34)35-26(19-7-9-21(30)10-8-19)24(20-5-4-6-22(31)15-20)16-29(2,27(35)36)17-25-32-28(37)39-33-25/h4-10,15,23-24,26-27,36H,3,11-14,16-18H2,1-2H3,(H,32,33,37)/t23-,24+,26+,27?,29+/m0/s1. The highest BCUT2D eigenvalue weighted by Crippen LogP contribution is 2.53. The molecule has 1 unspecified atom stereocenters. The van der Waals surface area contributed by atoms with E-state index in [1.54, 1.807) is 0 Å². The molecule has 0 radical (unpaired) electrons. The molecule has 2 N–H and O–H groups in total. The Balaban J connectivity index is 1.62. The number of benzene rings is 2. The van der Waals surface area contributed by atoms with Crippen molar-refractivity contribution < 1.29 is 14.4 Å².